The van der Waals surface area contributed by atoms with E-state index in [0.717, 1.165) is 12.0 Å². The van der Waals surface area contributed by atoms with Crippen LogP contribution in [0.5, 0.6) is 5.75 Å². The van der Waals surface area contributed by atoms with Gasteiger partial charge in [0.15, 0.2) is 0 Å². The second-order valence-electron chi connectivity index (χ2n) is 4.73. The molecule has 3 nitrogen and oxygen atoms in total. The fourth-order valence-electron chi connectivity index (χ4n) is 1.78. The van der Waals surface area contributed by atoms with Crippen LogP contribution in [0.15, 0.2) is 52.7 Å². The first-order valence-electron chi connectivity index (χ1n) is 6.60. The van der Waals surface area contributed by atoms with E-state index in [9.17, 15) is 5.11 Å². The van der Waals surface area contributed by atoms with E-state index in [1.807, 2.05) is 12.1 Å². The first kappa shape index (κ1) is 14.5. The topological polar surface area (TPSA) is 45.0 Å². The molecule has 0 bridgehead atoms. The van der Waals surface area contributed by atoms with Gasteiger partial charge in [0.25, 0.3) is 0 Å². The third kappa shape index (κ3) is 3.58. The Morgan fingerprint density at radius 3 is 2.45 bits per heavy atom. The van der Waals surface area contributed by atoms with Gasteiger partial charge in [-0.05, 0) is 54.3 Å². The summed E-state index contributed by atoms with van der Waals surface area (Å²) in [5, 5.41) is 18.7. The monoisotopic (exact) mass is 288 g/mol. The van der Waals surface area contributed by atoms with Crippen LogP contribution in [0.4, 0.5) is 11.4 Å². The summed E-state index contributed by atoms with van der Waals surface area (Å²) < 4.78 is 0. The van der Waals surface area contributed by atoms with Crippen LogP contribution in [0.3, 0.4) is 0 Å². The predicted octanol–water partition coefficient (Wildman–Crippen LogP) is 5.97. The predicted molar refractivity (Wildman–Crippen MR) is 82.4 cm³/mol. The molecule has 2 aromatic rings. The third-order valence-corrected chi connectivity index (χ3v) is 3.53. The molecule has 0 aliphatic rings. The molecule has 0 aromatic heterocycles. The molecule has 0 fully saturated rings. The highest BCUT2D eigenvalue weighted by Gasteiger charge is 2.07. The van der Waals surface area contributed by atoms with Crippen molar-refractivity contribution in [2.45, 2.75) is 26.2 Å². The maximum Gasteiger partial charge on any atom is 0.143 e. The van der Waals surface area contributed by atoms with Crippen LogP contribution >= 0.6 is 11.6 Å². The smallest absolute Gasteiger partial charge is 0.143 e. The lowest BCUT2D eigenvalue weighted by atomic mass is 9.98. The third-order valence-electron chi connectivity index (χ3n) is 3.28. The lowest BCUT2D eigenvalue weighted by Crippen LogP contribution is -1.90. The minimum atomic E-state index is 0.134. The molecule has 1 atom stereocenters. The van der Waals surface area contributed by atoms with Gasteiger partial charge in [-0.3, -0.25) is 0 Å². The second kappa shape index (κ2) is 6.53. The minimum absolute atomic E-state index is 0.134. The second-order valence-corrected chi connectivity index (χ2v) is 5.17. The molecule has 0 heterocycles. The summed E-state index contributed by atoms with van der Waals surface area (Å²) in [6.45, 7) is 4.28. The molecule has 1 N–H and O–H groups in total. The fourth-order valence-corrected chi connectivity index (χ4v) is 1.91. The van der Waals surface area contributed by atoms with Gasteiger partial charge >= 0.3 is 0 Å². The Morgan fingerprint density at radius 2 is 1.80 bits per heavy atom. The number of benzene rings is 2. The number of phenols is 1. The molecule has 0 radical (unpaired) electrons. The molecule has 104 valence electrons. The van der Waals surface area contributed by atoms with Crippen LogP contribution in [0.2, 0.25) is 5.02 Å². The van der Waals surface area contributed by atoms with Crippen molar-refractivity contribution in [3.8, 4) is 5.75 Å². The maximum atomic E-state index is 9.84. The van der Waals surface area contributed by atoms with Crippen LogP contribution in [-0.4, -0.2) is 5.11 Å². The molecule has 4 heteroatoms. The summed E-state index contributed by atoms with van der Waals surface area (Å²) in [7, 11) is 0. The van der Waals surface area contributed by atoms with Crippen LogP contribution in [0.1, 0.15) is 31.7 Å². The molecule has 0 saturated carbocycles. The van der Waals surface area contributed by atoms with Crippen LogP contribution < -0.4 is 0 Å². The molecule has 1 unspecified atom stereocenters. The summed E-state index contributed by atoms with van der Waals surface area (Å²) >= 11 is 5.81. The first-order valence-corrected chi connectivity index (χ1v) is 6.98. The molecule has 2 rings (SSSR count). The molecular weight excluding hydrogens is 272 g/mol. The lowest BCUT2D eigenvalue weighted by molar-refractivity contribution is 0.476. The average molecular weight is 289 g/mol. The van der Waals surface area contributed by atoms with Gasteiger partial charge in [-0.15, -0.1) is 5.11 Å². The van der Waals surface area contributed by atoms with E-state index in [2.05, 4.69) is 24.1 Å². The van der Waals surface area contributed by atoms with Crippen LogP contribution in [0, 0.1) is 0 Å². The Kier molecular flexibility index (Phi) is 4.74. The molecule has 20 heavy (non-hydrogen) atoms. The zero-order valence-electron chi connectivity index (χ0n) is 11.5. The van der Waals surface area contributed by atoms with E-state index >= 15 is 0 Å². The van der Waals surface area contributed by atoms with E-state index in [0.29, 0.717) is 22.3 Å². The Morgan fingerprint density at radius 1 is 1.10 bits per heavy atom. The maximum absolute atomic E-state index is 9.84. The number of aromatic hydroxyl groups is 1. The van der Waals surface area contributed by atoms with E-state index < -0.39 is 0 Å². The van der Waals surface area contributed by atoms with Crippen molar-refractivity contribution in [1.29, 1.82) is 0 Å². The SMILES string of the molecule is CCC(C)c1ccc(O)c(N=Nc2ccc(Cl)cc2)c1. The van der Waals surface area contributed by atoms with Crippen molar-refractivity contribution in [2.24, 2.45) is 10.2 Å². The van der Waals surface area contributed by atoms with Crippen molar-refractivity contribution >= 4 is 23.0 Å². The number of azo groups is 1. The largest absolute Gasteiger partial charge is 0.506 e. The number of hydrogen-bond acceptors (Lipinski definition) is 3. The van der Waals surface area contributed by atoms with Crippen molar-refractivity contribution in [3.63, 3.8) is 0 Å². The number of rotatable bonds is 4. The molecule has 0 amide bonds. The molecule has 0 spiro atoms. The van der Waals surface area contributed by atoms with E-state index in [-0.39, 0.29) is 5.75 Å². The Hall–Kier alpha value is -1.87. The van der Waals surface area contributed by atoms with Crippen molar-refractivity contribution in [1.82, 2.24) is 0 Å². The highest BCUT2D eigenvalue weighted by Crippen LogP contribution is 2.32. The van der Waals surface area contributed by atoms with Crippen LogP contribution in [0.25, 0.3) is 0 Å². The summed E-state index contributed by atoms with van der Waals surface area (Å²) in [4.78, 5) is 0. The van der Waals surface area contributed by atoms with E-state index in [1.165, 1.54) is 0 Å². The molecule has 2 aromatic carbocycles. The summed E-state index contributed by atoms with van der Waals surface area (Å²) in [5.41, 5.74) is 2.33. The van der Waals surface area contributed by atoms with E-state index in [4.69, 9.17) is 11.6 Å². The highest BCUT2D eigenvalue weighted by molar-refractivity contribution is 6.30. The number of halogens is 1. The average Bonchev–Trinajstić information content (AvgIpc) is 2.47. The van der Waals surface area contributed by atoms with Gasteiger partial charge in [0.1, 0.15) is 11.4 Å². The fraction of sp³-hybridized carbons (Fsp3) is 0.250. The number of hydrogen-bond donors (Lipinski definition) is 1. The molecule has 0 aliphatic heterocycles. The quantitative estimate of drug-likeness (QED) is 0.692. The molecule has 0 aliphatic carbocycles. The first-order chi connectivity index (χ1) is 9.60. The van der Waals surface area contributed by atoms with Crippen molar-refractivity contribution in [3.05, 3.63) is 53.1 Å². The Balaban J connectivity index is 2.25. The zero-order valence-corrected chi connectivity index (χ0v) is 12.3. The number of phenolic OH excluding ortho intramolecular Hbond substituents is 1. The van der Waals surface area contributed by atoms with Gasteiger partial charge in [-0.25, -0.2) is 0 Å². The minimum Gasteiger partial charge on any atom is -0.506 e. The van der Waals surface area contributed by atoms with Gasteiger partial charge in [0.05, 0.1) is 5.69 Å². The summed E-state index contributed by atoms with van der Waals surface area (Å²) in [5.74, 6) is 0.565. The van der Waals surface area contributed by atoms with Crippen molar-refractivity contribution in [2.75, 3.05) is 0 Å². The normalized spacial score (nSPS) is 12.8. The van der Waals surface area contributed by atoms with E-state index in [1.54, 1.807) is 30.3 Å². The van der Waals surface area contributed by atoms with Crippen LogP contribution in [-0.2, 0) is 0 Å². The Labute approximate surface area is 123 Å². The summed E-state index contributed by atoms with van der Waals surface area (Å²) in [6.07, 6.45) is 1.04. The number of nitrogens with zero attached hydrogens (tertiary/aromatic N) is 2. The standard InChI is InChI=1S/C16H17ClN2O/c1-3-11(2)12-4-9-16(20)15(10-12)19-18-14-7-5-13(17)6-8-14/h4-11,20H,3H2,1-2H3. The van der Waals surface area contributed by atoms with Gasteiger partial charge in [-0.2, -0.15) is 5.11 Å². The highest BCUT2D eigenvalue weighted by atomic mass is 35.5. The molecule has 0 saturated heterocycles. The van der Waals surface area contributed by atoms with Gasteiger partial charge in [0.2, 0.25) is 0 Å². The van der Waals surface area contributed by atoms with Gasteiger partial charge < -0.3 is 5.11 Å². The molecular formula is C16H17ClN2O. The summed E-state index contributed by atoms with van der Waals surface area (Å²) in [6, 6.07) is 12.5. The lowest BCUT2D eigenvalue weighted by Gasteiger charge is -2.09. The zero-order chi connectivity index (χ0) is 14.5. The van der Waals surface area contributed by atoms with Crippen molar-refractivity contribution < 1.29 is 5.11 Å². The Bertz CT molecular complexity index is 608. The van der Waals surface area contributed by atoms with Gasteiger partial charge in [-0.1, -0.05) is 31.5 Å². The van der Waals surface area contributed by atoms with Gasteiger partial charge in [0, 0.05) is 5.02 Å².